The molecule has 0 spiro atoms. The third-order valence-electron chi connectivity index (χ3n) is 2.41. The SMILES string of the molecule is C=C(/C=C/NC(C)C)C/C(=C\C)C/C(N)=C/C. The van der Waals surface area contributed by atoms with Crippen molar-refractivity contribution in [1.29, 1.82) is 0 Å². The molecule has 0 heterocycles. The van der Waals surface area contributed by atoms with Gasteiger partial charge in [-0.05, 0) is 52.0 Å². The topological polar surface area (TPSA) is 38.0 Å². The van der Waals surface area contributed by atoms with Gasteiger partial charge in [-0.15, -0.1) is 0 Å². The van der Waals surface area contributed by atoms with Crippen LogP contribution in [0.25, 0.3) is 0 Å². The smallest absolute Gasteiger partial charge is 0.0199 e. The number of hydrogen-bond donors (Lipinski definition) is 2. The Bertz CT molecular complexity index is 320. The molecular formula is C15H26N2. The molecule has 0 aliphatic carbocycles. The first kappa shape index (κ1) is 15.6. The first-order chi connectivity index (χ1) is 7.99. The van der Waals surface area contributed by atoms with Crippen LogP contribution >= 0.6 is 0 Å². The van der Waals surface area contributed by atoms with Crippen LogP contribution in [0.1, 0.15) is 40.5 Å². The maximum absolute atomic E-state index is 5.83. The van der Waals surface area contributed by atoms with Crippen molar-refractivity contribution in [2.75, 3.05) is 0 Å². The maximum atomic E-state index is 5.83. The van der Waals surface area contributed by atoms with Gasteiger partial charge >= 0.3 is 0 Å². The Morgan fingerprint density at radius 2 is 1.88 bits per heavy atom. The number of allylic oxidation sites excluding steroid dienone is 5. The van der Waals surface area contributed by atoms with Gasteiger partial charge in [0.1, 0.15) is 0 Å². The van der Waals surface area contributed by atoms with Gasteiger partial charge in [0.2, 0.25) is 0 Å². The Morgan fingerprint density at radius 1 is 1.24 bits per heavy atom. The first-order valence-electron chi connectivity index (χ1n) is 6.14. The highest BCUT2D eigenvalue weighted by atomic mass is 14.9. The summed E-state index contributed by atoms with van der Waals surface area (Å²) in [7, 11) is 0. The van der Waals surface area contributed by atoms with Crippen LogP contribution in [0.2, 0.25) is 0 Å². The maximum Gasteiger partial charge on any atom is 0.0199 e. The lowest BCUT2D eigenvalue weighted by Gasteiger charge is -2.08. The minimum Gasteiger partial charge on any atom is -0.402 e. The Labute approximate surface area is 106 Å². The monoisotopic (exact) mass is 234 g/mol. The largest absolute Gasteiger partial charge is 0.402 e. The molecule has 0 saturated carbocycles. The van der Waals surface area contributed by atoms with E-state index < -0.39 is 0 Å². The fourth-order valence-corrected chi connectivity index (χ4v) is 1.34. The second-order valence-electron chi connectivity index (χ2n) is 4.48. The highest BCUT2D eigenvalue weighted by Crippen LogP contribution is 2.16. The summed E-state index contributed by atoms with van der Waals surface area (Å²) in [6.07, 6.45) is 9.75. The predicted molar refractivity (Wildman–Crippen MR) is 77.5 cm³/mol. The first-order valence-corrected chi connectivity index (χ1v) is 6.14. The van der Waals surface area contributed by atoms with Crippen molar-refractivity contribution in [2.24, 2.45) is 5.73 Å². The van der Waals surface area contributed by atoms with Gasteiger partial charge in [0, 0.05) is 18.2 Å². The Hall–Kier alpha value is -1.44. The summed E-state index contributed by atoms with van der Waals surface area (Å²) in [5.41, 5.74) is 9.14. The molecule has 0 fully saturated rings. The van der Waals surface area contributed by atoms with E-state index in [9.17, 15) is 0 Å². The number of nitrogens with two attached hydrogens (primary N) is 1. The molecule has 0 amide bonds. The van der Waals surface area contributed by atoms with Crippen molar-refractivity contribution in [2.45, 2.75) is 46.6 Å². The zero-order valence-electron chi connectivity index (χ0n) is 11.6. The van der Waals surface area contributed by atoms with E-state index in [1.54, 1.807) is 0 Å². The Morgan fingerprint density at radius 3 is 2.35 bits per heavy atom. The zero-order valence-corrected chi connectivity index (χ0v) is 11.6. The van der Waals surface area contributed by atoms with Crippen LogP contribution in [0.5, 0.6) is 0 Å². The quantitative estimate of drug-likeness (QED) is 0.521. The van der Waals surface area contributed by atoms with Gasteiger partial charge in [-0.2, -0.15) is 0 Å². The lowest BCUT2D eigenvalue weighted by Crippen LogP contribution is -2.15. The third-order valence-corrected chi connectivity index (χ3v) is 2.41. The van der Waals surface area contributed by atoms with Crippen LogP contribution in [-0.2, 0) is 0 Å². The van der Waals surface area contributed by atoms with Gasteiger partial charge in [0.25, 0.3) is 0 Å². The standard InChI is InChI=1S/C15H26N2/c1-6-14(11-15(16)7-2)10-13(5)8-9-17-12(3)4/h6-9,12,17H,5,10-11,16H2,1-4H3/b9-8+,14-6+,15-7-. The third kappa shape index (κ3) is 8.38. The predicted octanol–water partition coefficient (Wildman–Crippen LogP) is 3.64. The molecule has 0 aromatic carbocycles. The molecule has 0 atom stereocenters. The van der Waals surface area contributed by atoms with E-state index >= 15 is 0 Å². The molecule has 0 radical (unpaired) electrons. The molecule has 0 saturated heterocycles. The summed E-state index contributed by atoms with van der Waals surface area (Å²) in [4.78, 5) is 0. The number of rotatable bonds is 7. The average molecular weight is 234 g/mol. The van der Waals surface area contributed by atoms with Crippen molar-refractivity contribution in [1.82, 2.24) is 5.32 Å². The molecule has 0 bridgehead atoms. The van der Waals surface area contributed by atoms with E-state index in [0.29, 0.717) is 6.04 Å². The molecular weight excluding hydrogens is 208 g/mol. The molecule has 0 aliphatic heterocycles. The Balaban J connectivity index is 4.21. The second kappa shape index (κ2) is 8.68. The van der Waals surface area contributed by atoms with Gasteiger partial charge in [-0.1, -0.05) is 24.3 Å². The lowest BCUT2D eigenvalue weighted by molar-refractivity contribution is 0.702. The summed E-state index contributed by atoms with van der Waals surface area (Å²) in [5, 5.41) is 3.22. The van der Waals surface area contributed by atoms with E-state index in [1.165, 1.54) is 5.57 Å². The van der Waals surface area contributed by atoms with E-state index in [-0.39, 0.29) is 0 Å². The summed E-state index contributed by atoms with van der Waals surface area (Å²) in [6, 6.07) is 0.457. The summed E-state index contributed by atoms with van der Waals surface area (Å²) < 4.78 is 0. The van der Waals surface area contributed by atoms with Crippen LogP contribution in [0, 0.1) is 0 Å². The van der Waals surface area contributed by atoms with E-state index in [2.05, 4.69) is 31.8 Å². The van der Waals surface area contributed by atoms with E-state index in [0.717, 1.165) is 24.1 Å². The molecule has 0 aromatic rings. The minimum atomic E-state index is 0.457. The van der Waals surface area contributed by atoms with Gasteiger partial charge in [-0.3, -0.25) is 0 Å². The van der Waals surface area contributed by atoms with E-state index in [4.69, 9.17) is 5.73 Å². The molecule has 2 heteroatoms. The van der Waals surface area contributed by atoms with Crippen LogP contribution in [0.3, 0.4) is 0 Å². The fraction of sp³-hybridized carbons (Fsp3) is 0.467. The second-order valence-corrected chi connectivity index (χ2v) is 4.48. The summed E-state index contributed by atoms with van der Waals surface area (Å²) in [6.45, 7) is 12.3. The van der Waals surface area contributed by atoms with Crippen molar-refractivity contribution in [3.05, 3.63) is 47.9 Å². The van der Waals surface area contributed by atoms with Gasteiger partial charge in [-0.25, -0.2) is 0 Å². The zero-order chi connectivity index (χ0) is 13.3. The number of hydrogen-bond acceptors (Lipinski definition) is 2. The molecule has 0 unspecified atom stereocenters. The minimum absolute atomic E-state index is 0.457. The lowest BCUT2D eigenvalue weighted by atomic mass is 10.0. The highest BCUT2D eigenvalue weighted by molar-refractivity contribution is 5.24. The molecule has 96 valence electrons. The normalized spacial score (nSPS) is 13.5. The van der Waals surface area contributed by atoms with Crippen molar-refractivity contribution in [3.8, 4) is 0 Å². The fourth-order valence-electron chi connectivity index (χ4n) is 1.34. The van der Waals surface area contributed by atoms with Gasteiger partial charge in [0.15, 0.2) is 0 Å². The molecule has 0 rings (SSSR count). The number of nitrogens with one attached hydrogen (secondary N) is 1. The van der Waals surface area contributed by atoms with Crippen LogP contribution in [0.15, 0.2) is 47.9 Å². The molecule has 3 N–H and O–H groups in total. The molecule has 0 aliphatic rings. The van der Waals surface area contributed by atoms with Crippen LogP contribution in [-0.4, -0.2) is 6.04 Å². The van der Waals surface area contributed by atoms with Crippen molar-refractivity contribution >= 4 is 0 Å². The van der Waals surface area contributed by atoms with Crippen molar-refractivity contribution in [3.63, 3.8) is 0 Å². The molecule has 2 nitrogen and oxygen atoms in total. The van der Waals surface area contributed by atoms with E-state index in [1.807, 2.05) is 32.2 Å². The van der Waals surface area contributed by atoms with Crippen molar-refractivity contribution < 1.29 is 0 Å². The van der Waals surface area contributed by atoms with Crippen LogP contribution in [0.4, 0.5) is 0 Å². The van der Waals surface area contributed by atoms with Crippen LogP contribution < -0.4 is 11.1 Å². The highest BCUT2D eigenvalue weighted by Gasteiger charge is 1.99. The Kier molecular flexibility index (Phi) is 7.95. The van der Waals surface area contributed by atoms with Gasteiger partial charge in [0.05, 0.1) is 0 Å². The summed E-state index contributed by atoms with van der Waals surface area (Å²) in [5.74, 6) is 0. The molecule has 0 aromatic heterocycles. The summed E-state index contributed by atoms with van der Waals surface area (Å²) >= 11 is 0. The molecule has 17 heavy (non-hydrogen) atoms. The average Bonchev–Trinajstić information content (AvgIpc) is 2.27. The van der Waals surface area contributed by atoms with Gasteiger partial charge < -0.3 is 11.1 Å².